The number of amides is 1. The summed E-state index contributed by atoms with van der Waals surface area (Å²) in [5.74, 6) is -0.502. The van der Waals surface area contributed by atoms with E-state index in [1.165, 1.54) is 7.11 Å². The second-order valence-corrected chi connectivity index (χ2v) is 7.15. The van der Waals surface area contributed by atoms with Crippen LogP contribution >= 0.6 is 0 Å². The number of alkyl carbamates (subject to hydrolysis) is 1. The number of carbonyl (C=O) groups excluding carboxylic acids is 2. The number of carbonyl (C=O) groups is 2. The second kappa shape index (κ2) is 7.64. The fourth-order valence-electron chi connectivity index (χ4n) is 1.59. The van der Waals surface area contributed by atoms with Crippen LogP contribution in [-0.2, 0) is 19.0 Å². The van der Waals surface area contributed by atoms with E-state index in [9.17, 15) is 9.59 Å². The summed E-state index contributed by atoms with van der Waals surface area (Å²) in [4.78, 5) is 24.1. The lowest BCUT2D eigenvalue weighted by molar-refractivity contribution is -0.156. The zero-order valence-electron chi connectivity index (χ0n) is 14.4. The minimum Gasteiger partial charge on any atom is -0.459 e. The van der Waals surface area contributed by atoms with Crippen LogP contribution in [0.4, 0.5) is 4.79 Å². The minimum absolute atomic E-state index is 0.301. The summed E-state index contributed by atoms with van der Waals surface area (Å²) in [5, 5.41) is 2.58. The van der Waals surface area contributed by atoms with E-state index < -0.39 is 29.1 Å². The van der Waals surface area contributed by atoms with Gasteiger partial charge < -0.3 is 19.5 Å². The molecule has 2 atom stereocenters. The van der Waals surface area contributed by atoms with Gasteiger partial charge in [0.05, 0.1) is 6.61 Å². The number of rotatable bonds is 5. The number of hydrogen-bond donors (Lipinski definition) is 1. The third-order valence-electron chi connectivity index (χ3n) is 2.48. The largest absolute Gasteiger partial charge is 0.459 e. The highest BCUT2D eigenvalue weighted by atomic mass is 16.6. The zero-order valence-corrected chi connectivity index (χ0v) is 14.4. The van der Waals surface area contributed by atoms with Crippen LogP contribution in [0.15, 0.2) is 0 Å². The lowest BCUT2D eigenvalue weighted by Gasteiger charge is -2.31. The maximum absolute atomic E-state index is 12.2. The molecule has 1 N–H and O–H groups in total. The van der Waals surface area contributed by atoms with Crippen molar-refractivity contribution in [3.05, 3.63) is 0 Å². The van der Waals surface area contributed by atoms with Gasteiger partial charge in [0.2, 0.25) is 0 Å². The van der Waals surface area contributed by atoms with E-state index in [0.717, 1.165) is 0 Å². The average Bonchev–Trinajstić information content (AvgIpc) is 2.21. The first kappa shape index (κ1) is 19.7. The molecule has 0 aliphatic carbocycles. The molecular weight excluding hydrogens is 274 g/mol. The summed E-state index contributed by atoms with van der Waals surface area (Å²) in [6.45, 7) is 12.8. The fourth-order valence-corrected chi connectivity index (χ4v) is 1.59. The quantitative estimate of drug-likeness (QED) is 0.790. The van der Waals surface area contributed by atoms with Crippen LogP contribution in [0, 0.1) is 5.41 Å². The highest BCUT2D eigenvalue weighted by Gasteiger charge is 2.36. The van der Waals surface area contributed by atoms with E-state index in [4.69, 9.17) is 14.2 Å². The molecule has 0 rings (SSSR count). The molecule has 0 saturated heterocycles. The molecule has 0 radical (unpaired) electrons. The summed E-state index contributed by atoms with van der Waals surface area (Å²) in [6, 6.07) is -0.799. The first-order valence-electron chi connectivity index (χ1n) is 7.05. The minimum atomic E-state index is -0.799. The van der Waals surface area contributed by atoms with Crippen LogP contribution in [0.1, 0.15) is 48.5 Å². The maximum atomic E-state index is 12.2. The SMILES string of the molecule is COC[C@H](C)OC(=O)C(NC(=O)OC(C)(C)C)C(C)(C)C. The van der Waals surface area contributed by atoms with Crippen molar-refractivity contribution in [2.45, 2.75) is 66.2 Å². The van der Waals surface area contributed by atoms with Gasteiger partial charge in [0.1, 0.15) is 17.7 Å². The molecule has 1 unspecified atom stereocenters. The van der Waals surface area contributed by atoms with Gasteiger partial charge in [-0.25, -0.2) is 9.59 Å². The molecule has 124 valence electrons. The van der Waals surface area contributed by atoms with Gasteiger partial charge in [-0.3, -0.25) is 0 Å². The average molecular weight is 303 g/mol. The molecule has 0 aliphatic rings. The number of esters is 1. The Morgan fingerprint density at radius 3 is 2.00 bits per heavy atom. The molecule has 6 heteroatoms. The molecule has 0 heterocycles. The molecule has 0 saturated carbocycles. The van der Waals surface area contributed by atoms with Gasteiger partial charge in [-0.05, 0) is 33.1 Å². The molecule has 1 amide bonds. The Bertz CT molecular complexity index is 354. The van der Waals surface area contributed by atoms with Gasteiger partial charge in [0.25, 0.3) is 0 Å². The Labute approximate surface area is 127 Å². The predicted molar refractivity (Wildman–Crippen MR) is 80.0 cm³/mol. The van der Waals surface area contributed by atoms with Gasteiger partial charge in [0, 0.05) is 7.11 Å². The Morgan fingerprint density at radius 2 is 1.62 bits per heavy atom. The van der Waals surface area contributed by atoms with Crippen molar-refractivity contribution >= 4 is 12.1 Å². The van der Waals surface area contributed by atoms with E-state index in [2.05, 4.69) is 5.32 Å². The topological polar surface area (TPSA) is 73.9 Å². The highest BCUT2D eigenvalue weighted by Crippen LogP contribution is 2.21. The molecule has 0 bridgehead atoms. The van der Waals surface area contributed by atoms with E-state index in [1.807, 2.05) is 20.8 Å². The van der Waals surface area contributed by atoms with Crippen LogP contribution in [0.3, 0.4) is 0 Å². The van der Waals surface area contributed by atoms with Crippen molar-refractivity contribution in [3.8, 4) is 0 Å². The molecule has 6 nitrogen and oxygen atoms in total. The lowest BCUT2D eigenvalue weighted by Crippen LogP contribution is -2.51. The summed E-state index contributed by atoms with van der Waals surface area (Å²) in [7, 11) is 1.53. The molecule has 0 aromatic carbocycles. The van der Waals surface area contributed by atoms with Crippen molar-refractivity contribution in [2.24, 2.45) is 5.41 Å². The van der Waals surface area contributed by atoms with Crippen LogP contribution < -0.4 is 5.32 Å². The van der Waals surface area contributed by atoms with E-state index in [1.54, 1.807) is 27.7 Å². The van der Waals surface area contributed by atoms with Crippen LogP contribution in [0.25, 0.3) is 0 Å². The molecular formula is C15H29NO5. The summed E-state index contributed by atoms with van der Waals surface area (Å²) < 4.78 is 15.4. The molecule has 21 heavy (non-hydrogen) atoms. The Morgan fingerprint density at radius 1 is 1.10 bits per heavy atom. The summed E-state index contributed by atoms with van der Waals surface area (Å²) >= 11 is 0. The molecule has 0 aliphatic heterocycles. The van der Waals surface area contributed by atoms with Crippen LogP contribution in [0.5, 0.6) is 0 Å². The smallest absolute Gasteiger partial charge is 0.408 e. The van der Waals surface area contributed by atoms with Gasteiger partial charge in [-0.2, -0.15) is 0 Å². The van der Waals surface area contributed by atoms with Crippen molar-refractivity contribution in [1.29, 1.82) is 0 Å². The van der Waals surface area contributed by atoms with E-state index >= 15 is 0 Å². The monoisotopic (exact) mass is 303 g/mol. The first-order valence-corrected chi connectivity index (χ1v) is 7.05. The predicted octanol–water partition coefficient (Wildman–Crippen LogP) is 2.50. The third-order valence-corrected chi connectivity index (χ3v) is 2.48. The van der Waals surface area contributed by atoms with Crippen molar-refractivity contribution in [2.75, 3.05) is 13.7 Å². The maximum Gasteiger partial charge on any atom is 0.408 e. The van der Waals surface area contributed by atoms with Gasteiger partial charge in [0.15, 0.2) is 0 Å². The van der Waals surface area contributed by atoms with Crippen molar-refractivity contribution in [3.63, 3.8) is 0 Å². The van der Waals surface area contributed by atoms with E-state index in [-0.39, 0.29) is 6.10 Å². The summed E-state index contributed by atoms with van der Waals surface area (Å²) in [6.07, 6.45) is -1.02. The first-order chi connectivity index (χ1) is 9.36. The second-order valence-electron chi connectivity index (χ2n) is 7.15. The van der Waals surface area contributed by atoms with Crippen LogP contribution in [0.2, 0.25) is 0 Å². The Kier molecular flexibility index (Phi) is 7.16. The molecule has 0 aromatic heterocycles. The van der Waals surface area contributed by atoms with Crippen molar-refractivity contribution < 1.29 is 23.8 Å². The van der Waals surface area contributed by atoms with Gasteiger partial charge in [-0.1, -0.05) is 20.8 Å². The van der Waals surface area contributed by atoms with Crippen LogP contribution in [-0.4, -0.2) is 43.5 Å². The number of nitrogens with one attached hydrogen (secondary N) is 1. The third kappa shape index (κ3) is 8.55. The molecule has 0 spiro atoms. The number of methoxy groups -OCH3 is 1. The zero-order chi connectivity index (χ0) is 16.8. The van der Waals surface area contributed by atoms with Crippen molar-refractivity contribution in [1.82, 2.24) is 5.32 Å². The normalized spacial score (nSPS) is 15.0. The van der Waals surface area contributed by atoms with Gasteiger partial charge >= 0.3 is 12.1 Å². The Hall–Kier alpha value is -1.30. The standard InChI is InChI=1S/C15H29NO5/c1-10(9-19-8)20-12(17)11(14(2,3)4)16-13(18)21-15(5,6)7/h10-11H,9H2,1-8H3,(H,16,18)/t10-,11?/m0/s1. The molecule has 0 fully saturated rings. The summed E-state index contributed by atoms with van der Waals surface area (Å²) in [5.41, 5.74) is -1.12. The Balaban J connectivity index is 4.82. The van der Waals surface area contributed by atoms with Gasteiger partial charge in [-0.15, -0.1) is 0 Å². The lowest BCUT2D eigenvalue weighted by atomic mass is 9.87. The van der Waals surface area contributed by atoms with E-state index in [0.29, 0.717) is 6.61 Å². The highest BCUT2D eigenvalue weighted by molar-refractivity contribution is 5.82. The number of hydrogen-bond acceptors (Lipinski definition) is 5. The number of ether oxygens (including phenoxy) is 3. The fraction of sp³-hybridized carbons (Fsp3) is 0.867. The molecule has 0 aromatic rings.